The van der Waals surface area contributed by atoms with Crippen LogP contribution in [0.5, 0.6) is 0 Å². The molecule has 1 N–H and O–H groups in total. The number of nitrogens with one attached hydrogen (secondary N) is 1. The standard InChI is InChI=1S/C14H29N/c1-6-12(2)10-14(8-7-9-14)11-15-13(3,4)5/h12,15H,6-11H2,1-5H3. The van der Waals surface area contributed by atoms with Gasteiger partial charge in [-0.05, 0) is 51.4 Å². The molecule has 0 heterocycles. The maximum absolute atomic E-state index is 3.69. The quantitative estimate of drug-likeness (QED) is 0.725. The largest absolute Gasteiger partial charge is 0.312 e. The van der Waals surface area contributed by atoms with Crippen LogP contribution in [0, 0.1) is 11.3 Å². The summed E-state index contributed by atoms with van der Waals surface area (Å²) in [6, 6.07) is 0. The zero-order chi connectivity index (χ0) is 11.5. The minimum absolute atomic E-state index is 0.276. The fourth-order valence-electron chi connectivity index (χ4n) is 2.47. The van der Waals surface area contributed by atoms with Crippen LogP contribution in [0.4, 0.5) is 0 Å². The maximum Gasteiger partial charge on any atom is 0.00967 e. The summed E-state index contributed by atoms with van der Waals surface area (Å²) in [5.41, 5.74) is 0.917. The fraction of sp³-hybridized carbons (Fsp3) is 1.00. The van der Waals surface area contributed by atoms with Gasteiger partial charge in [-0.2, -0.15) is 0 Å². The molecule has 1 saturated carbocycles. The van der Waals surface area contributed by atoms with E-state index in [0.717, 1.165) is 5.92 Å². The van der Waals surface area contributed by atoms with Crippen molar-refractivity contribution in [1.29, 1.82) is 0 Å². The average Bonchev–Trinajstić information content (AvgIpc) is 2.07. The van der Waals surface area contributed by atoms with Crippen LogP contribution >= 0.6 is 0 Å². The van der Waals surface area contributed by atoms with Crippen molar-refractivity contribution in [3.8, 4) is 0 Å². The van der Waals surface area contributed by atoms with Gasteiger partial charge >= 0.3 is 0 Å². The topological polar surface area (TPSA) is 12.0 Å². The normalized spacial score (nSPS) is 22.2. The Balaban J connectivity index is 2.40. The molecule has 15 heavy (non-hydrogen) atoms. The van der Waals surface area contributed by atoms with Crippen LogP contribution in [0.1, 0.15) is 66.7 Å². The second-order valence-corrected chi connectivity index (χ2v) is 6.67. The van der Waals surface area contributed by atoms with E-state index >= 15 is 0 Å². The third-order valence-electron chi connectivity index (χ3n) is 3.89. The molecule has 1 aliphatic rings. The van der Waals surface area contributed by atoms with Crippen LogP contribution in [-0.2, 0) is 0 Å². The molecule has 0 amide bonds. The first-order valence-electron chi connectivity index (χ1n) is 6.62. The molecule has 0 spiro atoms. The Bertz CT molecular complexity index is 186. The van der Waals surface area contributed by atoms with Crippen molar-refractivity contribution in [2.75, 3.05) is 6.54 Å². The van der Waals surface area contributed by atoms with Crippen molar-refractivity contribution < 1.29 is 0 Å². The molecule has 0 aromatic carbocycles. The summed E-state index contributed by atoms with van der Waals surface area (Å²) in [6.45, 7) is 12.7. The molecule has 1 atom stereocenters. The van der Waals surface area contributed by atoms with E-state index in [-0.39, 0.29) is 5.54 Å². The predicted molar refractivity (Wildman–Crippen MR) is 68.1 cm³/mol. The van der Waals surface area contributed by atoms with Crippen LogP contribution in [0.15, 0.2) is 0 Å². The van der Waals surface area contributed by atoms with Gasteiger partial charge in [-0.25, -0.2) is 0 Å². The first-order chi connectivity index (χ1) is 6.87. The molecule has 1 nitrogen and oxygen atoms in total. The molecule has 0 bridgehead atoms. The van der Waals surface area contributed by atoms with Gasteiger partial charge in [0, 0.05) is 12.1 Å². The lowest BCUT2D eigenvalue weighted by atomic mass is 9.64. The molecule has 1 heteroatoms. The van der Waals surface area contributed by atoms with E-state index in [1.807, 2.05) is 0 Å². The molecule has 0 radical (unpaired) electrons. The highest BCUT2D eigenvalue weighted by Crippen LogP contribution is 2.46. The Morgan fingerprint density at radius 3 is 2.20 bits per heavy atom. The molecule has 90 valence electrons. The first-order valence-corrected chi connectivity index (χ1v) is 6.62. The molecule has 1 rings (SSSR count). The van der Waals surface area contributed by atoms with Crippen LogP contribution in [0.25, 0.3) is 0 Å². The van der Waals surface area contributed by atoms with E-state index in [9.17, 15) is 0 Å². The highest BCUT2D eigenvalue weighted by molar-refractivity contribution is 4.92. The molecule has 0 saturated heterocycles. The van der Waals surface area contributed by atoms with Gasteiger partial charge in [0.2, 0.25) is 0 Å². The van der Waals surface area contributed by atoms with Crippen molar-refractivity contribution in [3.63, 3.8) is 0 Å². The highest BCUT2D eigenvalue weighted by Gasteiger charge is 2.38. The molecular weight excluding hydrogens is 182 g/mol. The SMILES string of the molecule is CCC(C)CC1(CNC(C)(C)C)CCC1. The zero-order valence-corrected chi connectivity index (χ0v) is 11.3. The molecular formula is C14H29N. The minimum atomic E-state index is 0.276. The van der Waals surface area contributed by atoms with Gasteiger partial charge in [0.1, 0.15) is 0 Å². The van der Waals surface area contributed by atoms with Crippen molar-refractivity contribution >= 4 is 0 Å². The van der Waals surface area contributed by atoms with Crippen molar-refractivity contribution in [2.45, 2.75) is 72.3 Å². The van der Waals surface area contributed by atoms with E-state index in [2.05, 4.69) is 39.9 Å². The van der Waals surface area contributed by atoms with Gasteiger partial charge < -0.3 is 5.32 Å². The van der Waals surface area contributed by atoms with Crippen LogP contribution in [-0.4, -0.2) is 12.1 Å². The van der Waals surface area contributed by atoms with E-state index in [1.165, 1.54) is 38.6 Å². The smallest absolute Gasteiger partial charge is 0.00967 e. The maximum atomic E-state index is 3.69. The van der Waals surface area contributed by atoms with Gasteiger partial charge in [0.15, 0.2) is 0 Å². The Morgan fingerprint density at radius 2 is 1.87 bits per heavy atom. The average molecular weight is 211 g/mol. The van der Waals surface area contributed by atoms with Gasteiger partial charge in [-0.3, -0.25) is 0 Å². The van der Waals surface area contributed by atoms with Crippen LogP contribution in [0.2, 0.25) is 0 Å². The Morgan fingerprint density at radius 1 is 1.27 bits per heavy atom. The lowest BCUT2D eigenvalue weighted by molar-refractivity contribution is 0.0848. The highest BCUT2D eigenvalue weighted by atomic mass is 15.0. The van der Waals surface area contributed by atoms with Crippen LogP contribution < -0.4 is 5.32 Å². The summed E-state index contributed by atoms with van der Waals surface area (Å²) in [7, 11) is 0. The summed E-state index contributed by atoms with van der Waals surface area (Å²) in [5.74, 6) is 0.895. The molecule has 1 fully saturated rings. The lowest BCUT2D eigenvalue weighted by Gasteiger charge is -2.45. The fourth-order valence-corrected chi connectivity index (χ4v) is 2.47. The van der Waals surface area contributed by atoms with Crippen LogP contribution in [0.3, 0.4) is 0 Å². The van der Waals surface area contributed by atoms with E-state index < -0.39 is 0 Å². The molecule has 0 aliphatic heterocycles. The van der Waals surface area contributed by atoms with Crippen molar-refractivity contribution in [2.24, 2.45) is 11.3 Å². The second kappa shape index (κ2) is 4.86. The van der Waals surface area contributed by atoms with E-state index in [1.54, 1.807) is 0 Å². The second-order valence-electron chi connectivity index (χ2n) is 6.67. The monoisotopic (exact) mass is 211 g/mol. The third-order valence-corrected chi connectivity index (χ3v) is 3.89. The Hall–Kier alpha value is -0.0400. The number of rotatable bonds is 5. The van der Waals surface area contributed by atoms with Gasteiger partial charge in [0.05, 0.1) is 0 Å². The van der Waals surface area contributed by atoms with Gasteiger partial charge in [0.25, 0.3) is 0 Å². The molecule has 1 aliphatic carbocycles. The summed E-state index contributed by atoms with van der Waals surface area (Å²) in [6.07, 6.45) is 7.09. The first kappa shape index (κ1) is 13.0. The lowest BCUT2D eigenvalue weighted by Crippen LogP contribution is -2.47. The number of hydrogen-bond acceptors (Lipinski definition) is 1. The Kier molecular flexibility index (Phi) is 4.22. The van der Waals surface area contributed by atoms with Crippen molar-refractivity contribution in [1.82, 2.24) is 5.32 Å². The molecule has 0 aromatic rings. The summed E-state index contributed by atoms with van der Waals surface area (Å²) < 4.78 is 0. The minimum Gasteiger partial charge on any atom is -0.312 e. The summed E-state index contributed by atoms with van der Waals surface area (Å²) in [4.78, 5) is 0. The van der Waals surface area contributed by atoms with Crippen molar-refractivity contribution in [3.05, 3.63) is 0 Å². The predicted octanol–water partition coefficient (Wildman–Crippen LogP) is 3.98. The Labute approximate surface area is 96.0 Å². The number of hydrogen-bond donors (Lipinski definition) is 1. The van der Waals surface area contributed by atoms with Gasteiger partial charge in [-0.15, -0.1) is 0 Å². The summed E-state index contributed by atoms with van der Waals surface area (Å²) >= 11 is 0. The molecule has 0 aromatic heterocycles. The molecule has 1 unspecified atom stereocenters. The van der Waals surface area contributed by atoms with Gasteiger partial charge in [-0.1, -0.05) is 26.7 Å². The van der Waals surface area contributed by atoms with E-state index in [0.29, 0.717) is 5.41 Å². The van der Waals surface area contributed by atoms with E-state index in [4.69, 9.17) is 0 Å². The zero-order valence-electron chi connectivity index (χ0n) is 11.3. The summed E-state index contributed by atoms with van der Waals surface area (Å²) in [5, 5.41) is 3.69. The third kappa shape index (κ3) is 4.14.